The first-order valence-electron chi connectivity index (χ1n) is 9.89. The molecule has 0 saturated heterocycles. The second-order valence-electron chi connectivity index (χ2n) is 6.91. The number of rotatable bonds is 8. The van der Waals surface area contributed by atoms with E-state index in [-0.39, 0.29) is 4.90 Å². The maximum absolute atomic E-state index is 12.7. The highest BCUT2D eigenvalue weighted by atomic mass is 32.2. The number of nitrogens with zero attached hydrogens (tertiary/aromatic N) is 2. The minimum Gasteiger partial charge on any atom is -0.452 e. The molecule has 0 saturated carbocycles. The third-order valence-electron chi connectivity index (χ3n) is 4.91. The van der Waals surface area contributed by atoms with Crippen LogP contribution in [0.1, 0.15) is 24.2 Å². The lowest BCUT2D eigenvalue weighted by molar-refractivity contribution is -0.119. The van der Waals surface area contributed by atoms with E-state index in [2.05, 4.69) is 5.32 Å². The Labute approximate surface area is 181 Å². The molecule has 1 aromatic heterocycles. The largest absolute Gasteiger partial charge is 0.452 e. The Kier molecular flexibility index (Phi) is 6.77. The monoisotopic (exact) mass is 443 g/mol. The smallest absolute Gasteiger partial charge is 0.340 e. The SMILES string of the molecule is CCN(CC)S(=O)(=O)c1cccc(NC(=O)COC(=O)c2cn(C)c3ccccc23)c1. The average molecular weight is 444 g/mol. The molecular weight excluding hydrogens is 418 g/mol. The minimum absolute atomic E-state index is 0.0850. The molecule has 8 nitrogen and oxygen atoms in total. The van der Waals surface area contributed by atoms with Crippen molar-refractivity contribution in [1.29, 1.82) is 0 Å². The van der Waals surface area contributed by atoms with E-state index in [0.717, 1.165) is 10.9 Å². The lowest BCUT2D eigenvalue weighted by Crippen LogP contribution is -2.30. The number of ether oxygens (including phenoxy) is 1. The van der Waals surface area contributed by atoms with Crippen LogP contribution in [0.25, 0.3) is 10.9 Å². The van der Waals surface area contributed by atoms with Crippen LogP contribution in [0.5, 0.6) is 0 Å². The lowest BCUT2D eigenvalue weighted by atomic mass is 10.2. The third-order valence-corrected chi connectivity index (χ3v) is 6.96. The molecule has 0 bridgehead atoms. The summed E-state index contributed by atoms with van der Waals surface area (Å²) in [7, 11) is -1.82. The van der Waals surface area contributed by atoms with Gasteiger partial charge in [-0.15, -0.1) is 0 Å². The van der Waals surface area contributed by atoms with Crippen LogP contribution in [0.3, 0.4) is 0 Å². The van der Waals surface area contributed by atoms with Gasteiger partial charge in [0, 0.05) is 42.9 Å². The molecule has 1 heterocycles. The van der Waals surface area contributed by atoms with Gasteiger partial charge in [-0.3, -0.25) is 4.79 Å². The number of anilines is 1. The molecule has 1 amide bonds. The molecule has 0 spiro atoms. The number of hydrogen-bond acceptors (Lipinski definition) is 5. The van der Waals surface area contributed by atoms with Crippen molar-refractivity contribution in [3.8, 4) is 0 Å². The number of nitrogens with one attached hydrogen (secondary N) is 1. The summed E-state index contributed by atoms with van der Waals surface area (Å²) in [5.74, 6) is -1.17. The van der Waals surface area contributed by atoms with Crippen LogP contribution in [-0.2, 0) is 26.6 Å². The van der Waals surface area contributed by atoms with E-state index >= 15 is 0 Å². The molecule has 0 atom stereocenters. The van der Waals surface area contributed by atoms with Gasteiger partial charge in [0.25, 0.3) is 5.91 Å². The quantitative estimate of drug-likeness (QED) is 0.540. The lowest BCUT2D eigenvalue weighted by Gasteiger charge is -2.18. The fraction of sp³-hybridized carbons (Fsp3) is 0.273. The van der Waals surface area contributed by atoms with E-state index in [4.69, 9.17) is 4.74 Å². The van der Waals surface area contributed by atoms with Gasteiger partial charge >= 0.3 is 5.97 Å². The third kappa shape index (κ3) is 4.78. The molecule has 0 unspecified atom stereocenters. The summed E-state index contributed by atoms with van der Waals surface area (Å²) >= 11 is 0. The molecule has 0 radical (unpaired) electrons. The Morgan fingerprint density at radius 3 is 2.48 bits per heavy atom. The van der Waals surface area contributed by atoms with Gasteiger partial charge in [0.2, 0.25) is 10.0 Å². The minimum atomic E-state index is -3.65. The van der Waals surface area contributed by atoms with E-state index in [9.17, 15) is 18.0 Å². The molecule has 0 aliphatic heterocycles. The summed E-state index contributed by atoms with van der Waals surface area (Å²) in [6, 6.07) is 13.4. The highest BCUT2D eigenvalue weighted by Crippen LogP contribution is 2.22. The number of para-hydroxylation sites is 1. The van der Waals surface area contributed by atoms with E-state index < -0.39 is 28.5 Å². The molecule has 0 fully saturated rings. The topological polar surface area (TPSA) is 97.7 Å². The number of hydrogen-bond donors (Lipinski definition) is 1. The first kappa shape index (κ1) is 22.5. The number of aromatic nitrogens is 1. The van der Waals surface area contributed by atoms with E-state index in [1.807, 2.05) is 35.9 Å². The summed E-state index contributed by atoms with van der Waals surface area (Å²) < 4.78 is 33.6. The molecule has 0 aliphatic rings. The number of benzene rings is 2. The van der Waals surface area contributed by atoms with Crippen molar-refractivity contribution in [1.82, 2.24) is 8.87 Å². The summed E-state index contributed by atoms with van der Waals surface area (Å²) in [6.07, 6.45) is 1.66. The Morgan fingerprint density at radius 1 is 1.06 bits per heavy atom. The molecule has 164 valence electrons. The predicted octanol–water partition coefficient (Wildman–Crippen LogP) is 3.00. The molecule has 0 aliphatic carbocycles. The number of carbonyl (C=O) groups is 2. The molecule has 3 aromatic rings. The maximum atomic E-state index is 12.7. The number of esters is 1. The van der Waals surface area contributed by atoms with Crippen LogP contribution in [0.2, 0.25) is 0 Å². The molecule has 2 aromatic carbocycles. The summed E-state index contributed by atoms with van der Waals surface area (Å²) in [4.78, 5) is 24.8. The molecule has 9 heteroatoms. The molecule has 1 N–H and O–H groups in total. The van der Waals surface area contributed by atoms with Gasteiger partial charge in [0.05, 0.1) is 10.5 Å². The summed E-state index contributed by atoms with van der Waals surface area (Å²) in [5, 5.41) is 3.31. The number of fused-ring (bicyclic) bond motifs is 1. The van der Waals surface area contributed by atoms with Crippen molar-refractivity contribution in [3.63, 3.8) is 0 Å². The summed E-state index contributed by atoms with van der Waals surface area (Å²) in [5.41, 5.74) is 1.56. The Balaban J connectivity index is 1.67. The molecule has 3 rings (SSSR count). The molecule has 31 heavy (non-hydrogen) atoms. The van der Waals surface area contributed by atoms with Crippen molar-refractivity contribution in [2.45, 2.75) is 18.7 Å². The Morgan fingerprint density at radius 2 is 1.77 bits per heavy atom. The van der Waals surface area contributed by atoms with E-state index in [1.54, 1.807) is 32.2 Å². The zero-order valence-electron chi connectivity index (χ0n) is 17.7. The van der Waals surface area contributed by atoms with Crippen molar-refractivity contribution in [2.24, 2.45) is 7.05 Å². The van der Waals surface area contributed by atoms with Gasteiger partial charge in [-0.1, -0.05) is 38.1 Å². The van der Waals surface area contributed by atoms with Crippen molar-refractivity contribution >= 4 is 38.5 Å². The first-order chi connectivity index (χ1) is 14.8. The van der Waals surface area contributed by atoms with Gasteiger partial charge < -0.3 is 14.6 Å². The van der Waals surface area contributed by atoms with Crippen LogP contribution in [0.4, 0.5) is 5.69 Å². The highest BCUT2D eigenvalue weighted by Gasteiger charge is 2.22. The van der Waals surface area contributed by atoms with Crippen LogP contribution >= 0.6 is 0 Å². The van der Waals surface area contributed by atoms with Gasteiger partial charge in [-0.25, -0.2) is 13.2 Å². The first-order valence-corrected chi connectivity index (χ1v) is 11.3. The highest BCUT2D eigenvalue weighted by molar-refractivity contribution is 7.89. The number of carbonyl (C=O) groups excluding carboxylic acids is 2. The van der Waals surface area contributed by atoms with E-state index in [1.165, 1.54) is 16.4 Å². The Hall–Kier alpha value is -3.17. The van der Waals surface area contributed by atoms with Gasteiger partial charge in [-0.2, -0.15) is 4.31 Å². The van der Waals surface area contributed by atoms with Gasteiger partial charge in [0.1, 0.15) is 0 Å². The maximum Gasteiger partial charge on any atom is 0.340 e. The Bertz CT molecular complexity index is 1210. The van der Waals surface area contributed by atoms with Crippen LogP contribution in [-0.4, -0.2) is 48.9 Å². The number of aryl methyl sites for hydroxylation is 1. The van der Waals surface area contributed by atoms with Gasteiger partial charge in [-0.05, 0) is 24.3 Å². The zero-order chi connectivity index (χ0) is 22.6. The summed E-state index contributed by atoms with van der Waals surface area (Å²) in [6.45, 7) is 3.72. The fourth-order valence-electron chi connectivity index (χ4n) is 3.36. The van der Waals surface area contributed by atoms with Gasteiger partial charge in [0.15, 0.2) is 6.61 Å². The predicted molar refractivity (Wildman–Crippen MR) is 118 cm³/mol. The van der Waals surface area contributed by atoms with Crippen LogP contribution in [0.15, 0.2) is 59.6 Å². The fourth-order valence-corrected chi connectivity index (χ4v) is 4.86. The van der Waals surface area contributed by atoms with Crippen molar-refractivity contribution < 1.29 is 22.7 Å². The second kappa shape index (κ2) is 9.32. The van der Waals surface area contributed by atoms with E-state index in [0.29, 0.717) is 24.3 Å². The van der Waals surface area contributed by atoms with Crippen molar-refractivity contribution in [3.05, 3.63) is 60.3 Å². The second-order valence-corrected chi connectivity index (χ2v) is 8.85. The normalized spacial score (nSPS) is 11.6. The standard InChI is InChI=1S/C22H25N3O5S/c1-4-25(5-2)31(28,29)17-10-8-9-16(13-17)23-21(26)15-30-22(27)19-14-24(3)20-12-7-6-11-18(19)20/h6-14H,4-5,15H2,1-3H3,(H,23,26). The molecular formula is C22H25N3O5S. The average Bonchev–Trinajstić information content (AvgIpc) is 3.10. The zero-order valence-corrected chi connectivity index (χ0v) is 18.5. The number of amides is 1. The van der Waals surface area contributed by atoms with Crippen molar-refractivity contribution in [2.75, 3.05) is 25.0 Å². The van der Waals surface area contributed by atoms with Crippen LogP contribution < -0.4 is 5.32 Å². The van der Waals surface area contributed by atoms with Crippen LogP contribution in [0, 0.1) is 0 Å². The number of sulfonamides is 1.